The topological polar surface area (TPSA) is 73.9 Å². The van der Waals surface area contributed by atoms with Crippen molar-refractivity contribution in [2.75, 3.05) is 5.73 Å². The van der Waals surface area contributed by atoms with E-state index in [4.69, 9.17) is 5.73 Å². The first kappa shape index (κ1) is 9.48. The second-order valence-electron chi connectivity index (χ2n) is 2.88. The molecule has 0 aliphatic rings. The normalized spacial score (nSPS) is 9.62. The van der Waals surface area contributed by atoms with Crippen molar-refractivity contribution in [1.82, 2.24) is 11.1 Å². The van der Waals surface area contributed by atoms with E-state index in [1.165, 1.54) is 5.39 Å². The molecule has 0 atom stereocenters. The molecule has 1 heterocycles. The van der Waals surface area contributed by atoms with Crippen molar-refractivity contribution in [3.8, 4) is 0 Å². The van der Waals surface area contributed by atoms with E-state index in [0.717, 1.165) is 16.8 Å². The Morgan fingerprint density at radius 1 is 1.23 bits per heavy atom. The zero-order valence-electron chi connectivity index (χ0n) is 7.62. The maximum Gasteiger partial charge on any atom is 0.0450 e. The maximum absolute atomic E-state index is 5.65. The van der Waals surface area contributed by atoms with Gasteiger partial charge in [0.15, 0.2) is 0 Å². The summed E-state index contributed by atoms with van der Waals surface area (Å²) in [7, 11) is 0. The van der Waals surface area contributed by atoms with Crippen molar-refractivity contribution < 1.29 is 0 Å². The van der Waals surface area contributed by atoms with E-state index in [1.807, 2.05) is 31.2 Å². The predicted molar refractivity (Wildman–Crippen MR) is 55.9 cm³/mol. The molecule has 1 aromatic heterocycles. The highest BCUT2D eigenvalue weighted by Gasteiger charge is 1.96. The molecular weight excluding hydrogens is 162 g/mol. The molecule has 0 fully saturated rings. The lowest BCUT2D eigenvalue weighted by atomic mass is 10.1. The van der Waals surface area contributed by atoms with E-state index in [1.54, 1.807) is 6.20 Å². The third kappa shape index (κ3) is 1.60. The van der Waals surface area contributed by atoms with Gasteiger partial charge >= 0.3 is 0 Å². The van der Waals surface area contributed by atoms with Gasteiger partial charge in [-0.25, -0.2) is 0 Å². The lowest BCUT2D eigenvalue weighted by Crippen LogP contribution is -1.86. The van der Waals surface area contributed by atoms with Gasteiger partial charge in [-0.3, -0.25) is 4.98 Å². The fourth-order valence-corrected chi connectivity index (χ4v) is 1.35. The van der Waals surface area contributed by atoms with Crippen molar-refractivity contribution in [3.63, 3.8) is 0 Å². The second kappa shape index (κ2) is 3.41. The van der Waals surface area contributed by atoms with Crippen LogP contribution in [0.3, 0.4) is 0 Å². The molecule has 1 aromatic carbocycles. The first-order valence-corrected chi connectivity index (χ1v) is 3.88. The Morgan fingerprint density at radius 2 is 2.00 bits per heavy atom. The SMILES string of the molecule is Cc1nccc2cc(N)ccc12.N. The van der Waals surface area contributed by atoms with Gasteiger partial charge in [0, 0.05) is 23.0 Å². The summed E-state index contributed by atoms with van der Waals surface area (Å²) in [6, 6.07) is 7.84. The molecular formula is C10H13N3. The minimum absolute atomic E-state index is 0. The Bertz CT molecular complexity index is 423. The van der Waals surface area contributed by atoms with Crippen LogP contribution in [0.15, 0.2) is 30.5 Å². The van der Waals surface area contributed by atoms with Gasteiger partial charge in [0.1, 0.15) is 0 Å². The summed E-state index contributed by atoms with van der Waals surface area (Å²) in [5, 5.41) is 2.33. The van der Waals surface area contributed by atoms with E-state index < -0.39 is 0 Å². The molecule has 5 N–H and O–H groups in total. The van der Waals surface area contributed by atoms with Crippen LogP contribution < -0.4 is 11.9 Å². The monoisotopic (exact) mass is 175 g/mol. The van der Waals surface area contributed by atoms with E-state index >= 15 is 0 Å². The number of pyridine rings is 1. The summed E-state index contributed by atoms with van der Waals surface area (Å²) in [6.07, 6.45) is 1.80. The molecule has 0 unspecified atom stereocenters. The third-order valence-electron chi connectivity index (χ3n) is 1.99. The van der Waals surface area contributed by atoms with Crippen molar-refractivity contribution >= 4 is 16.5 Å². The lowest BCUT2D eigenvalue weighted by molar-refractivity contribution is 1.24. The number of hydrogen-bond acceptors (Lipinski definition) is 3. The molecule has 0 aliphatic carbocycles. The highest BCUT2D eigenvalue weighted by atomic mass is 14.7. The van der Waals surface area contributed by atoms with Crippen LogP contribution in [-0.2, 0) is 0 Å². The largest absolute Gasteiger partial charge is 0.399 e. The lowest BCUT2D eigenvalue weighted by Gasteiger charge is -2.00. The molecule has 2 aromatic rings. The predicted octanol–water partition coefficient (Wildman–Crippen LogP) is 2.29. The molecule has 0 saturated carbocycles. The fraction of sp³-hybridized carbons (Fsp3) is 0.100. The molecule has 3 nitrogen and oxygen atoms in total. The van der Waals surface area contributed by atoms with Gasteiger partial charge in [-0.2, -0.15) is 0 Å². The van der Waals surface area contributed by atoms with Gasteiger partial charge in [-0.15, -0.1) is 0 Å². The number of anilines is 1. The number of aromatic nitrogens is 1. The fourth-order valence-electron chi connectivity index (χ4n) is 1.35. The Balaban J connectivity index is 0.000000845. The molecule has 3 heteroatoms. The minimum atomic E-state index is 0. The van der Waals surface area contributed by atoms with Gasteiger partial charge < -0.3 is 11.9 Å². The molecule has 0 aliphatic heterocycles. The molecule has 68 valence electrons. The standard InChI is InChI=1S/C10H10N2.H3N/c1-7-10-3-2-9(11)6-8(10)4-5-12-7;/h2-6H,11H2,1H3;1H3. The van der Waals surface area contributed by atoms with Gasteiger partial charge in [0.2, 0.25) is 0 Å². The first-order valence-electron chi connectivity index (χ1n) is 3.88. The summed E-state index contributed by atoms with van der Waals surface area (Å²) < 4.78 is 0. The zero-order valence-corrected chi connectivity index (χ0v) is 7.62. The Labute approximate surface area is 77.2 Å². The first-order chi connectivity index (χ1) is 5.77. The smallest absolute Gasteiger partial charge is 0.0450 e. The summed E-state index contributed by atoms with van der Waals surface area (Å²) in [5.41, 5.74) is 7.50. The Morgan fingerprint density at radius 3 is 2.77 bits per heavy atom. The number of nitrogens with zero attached hydrogens (tertiary/aromatic N) is 1. The van der Waals surface area contributed by atoms with Crippen LogP contribution in [0.25, 0.3) is 10.8 Å². The number of aryl methyl sites for hydroxylation is 1. The van der Waals surface area contributed by atoms with Gasteiger partial charge in [-0.05, 0) is 30.5 Å². The molecule has 0 radical (unpaired) electrons. The van der Waals surface area contributed by atoms with Crippen molar-refractivity contribution in [3.05, 3.63) is 36.2 Å². The van der Waals surface area contributed by atoms with E-state index in [9.17, 15) is 0 Å². The summed E-state index contributed by atoms with van der Waals surface area (Å²) in [4.78, 5) is 4.20. The van der Waals surface area contributed by atoms with Crippen molar-refractivity contribution in [1.29, 1.82) is 0 Å². The van der Waals surface area contributed by atoms with Crippen molar-refractivity contribution in [2.45, 2.75) is 6.92 Å². The van der Waals surface area contributed by atoms with Crippen LogP contribution in [0.5, 0.6) is 0 Å². The molecule has 0 bridgehead atoms. The van der Waals surface area contributed by atoms with Crippen LogP contribution in [0.4, 0.5) is 5.69 Å². The Kier molecular flexibility index (Phi) is 2.49. The molecule has 0 amide bonds. The van der Waals surface area contributed by atoms with Gasteiger partial charge in [0.05, 0.1) is 0 Å². The van der Waals surface area contributed by atoms with Crippen LogP contribution in [-0.4, -0.2) is 4.98 Å². The highest BCUT2D eigenvalue weighted by Crippen LogP contribution is 2.18. The summed E-state index contributed by atoms with van der Waals surface area (Å²) in [5.74, 6) is 0. The molecule has 13 heavy (non-hydrogen) atoms. The number of benzene rings is 1. The highest BCUT2D eigenvalue weighted by molar-refractivity contribution is 5.86. The molecule has 0 saturated heterocycles. The summed E-state index contributed by atoms with van der Waals surface area (Å²) in [6.45, 7) is 2.00. The number of fused-ring (bicyclic) bond motifs is 1. The zero-order chi connectivity index (χ0) is 8.55. The van der Waals surface area contributed by atoms with Crippen LogP contribution in [0.2, 0.25) is 0 Å². The van der Waals surface area contributed by atoms with Crippen LogP contribution in [0, 0.1) is 6.92 Å². The number of nitrogen functional groups attached to an aromatic ring is 1. The average molecular weight is 175 g/mol. The number of nitrogens with two attached hydrogens (primary N) is 1. The van der Waals surface area contributed by atoms with Gasteiger partial charge in [0.25, 0.3) is 0 Å². The second-order valence-corrected chi connectivity index (χ2v) is 2.88. The van der Waals surface area contributed by atoms with Crippen LogP contribution >= 0.6 is 0 Å². The minimum Gasteiger partial charge on any atom is -0.399 e. The van der Waals surface area contributed by atoms with E-state index in [-0.39, 0.29) is 6.15 Å². The maximum atomic E-state index is 5.65. The number of rotatable bonds is 0. The molecule has 0 spiro atoms. The van der Waals surface area contributed by atoms with Crippen LogP contribution in [0.1, 0.15) is 5.69 Å². The van der Waals surface area contributed by atoms with Gasteiger partial charge in [-0.1, -0.05) is 6.07 Å². The number of hydrogen-bond donors (Lipinski definition) is 2. The quantitative estimate of drug-likeness (QED) is 0.603. The Hall–Kier alpha value is -1.61. The third-order valence-corrected chi connectivity index (χ3v) is 1.99. The van der Waals surface area contributed by atoms with E-state index in [2.05, 4.69) is 4.98 Å². The summed E-state index contributed by atoms with van der Waals surface area (Å²) >= 11 is 0. The average Bonchev–Trinajstić information content (AvgIpc) is 2.04. The van der Waals surface area contributed by atoms with E-state index in [0.29, 0.717) is 0 Å². The van der Waals surface area contributed by atoms with Crippen molar-refractivity contribution in [2.24, 2.45) is 0 Å². The molecule has 2 rings (SSSR count).